The Morgan fingerprint density at radius 2 is 1.83 bits per heavy atom. The Hall–Kier alpha value is -4.27. The molecule has 2 amide bonds. The highest BCUT2D eigenvalue weighted by Crippen LogP contribution is 2.44. The summed E-state index contributed by atoms with van der Waals surface area (Å²) in [5, 5.41) is 13.5. The Labute approximate surface area is 201 Å². The number of nitrogens with one attached hydrogen (secondary N) is 1. The molecule has 2 saturated heterocycles. The molecule has 1 aromatic carbocycles. The number of nitrogens with two attached hydrogens (primary N) is 1. The molecule has 5 aromatic rings. The van der Waals surface area contributed by atoms with E-state index in [0.717, 1.165) is 70.3 Å². The molecule has 0 radical (unpaired) electrons. The number of piperidine rings is 1. The first kappa shape index (κ1) is 20.1. The average molecular weight is 465 g/mol. The first-order valence-corrected chi connectivity index (χ1v) is 12.0. The molecule has 2 fully saturated rings. The lowest BCUT2D eigenvalue weighted by atomic mass is 9.88. The second-order valence-corrected chi connectivity index (χ2v) is 9.50. The summed E-state index contributed by atoms with van der Waals surface area (Å²) in [6, 6.07) is 12.2. The number of aromatic nitrogens is 6. The van der Waals surface area contributed by atoms with Crippen LogP contribution in [0, 0.1) is 0 Å². The largest absolute Gasteiger partial charge is 0.351 e. The van der Waals surface area contributed by atoms with Gasteiger partial charge in [-0.25, -0.2) is 14.3 Å². The van der Waals surface area contributed by atoms with E-state index in [9.17, 15) is 4.79 Å². The van der Waals surface area contributed by atoms with Crippen LogP contribution >= 0.6 is 0 Å². The minimum Gasteiger partial charge on any atom is -0.351 e. The fraction of sp³-hybridized carbons (Fsp3) is 0.269. The van der Waals surface area contributed by atoms with Crippen LogP contribution in [0.2, 0.25) is 0 Å². The molecule has 2 aliphatic rings. The lowest BCUT2D eigenvalue weighted by Gasteiger charge is -2.38. The van der Waals surface area contributed by atoms with Gasteiger partial charge in [-0.15, -0.1) is 0 Å². The van der Waals surface area contributed by atoms with Crippen molar-refractivity contribution in [2.24, 2.45) is 5.73 Å². The third kappa shape index (κ3) is 3.04. The predicted octanol–water partition coefficient (Wildman–Crippen LogP) is 4.12. The molecular weight excluding hydrogens is 440 g/mol. The van der Waals surface area contributed by atoms with Gasteiger partial charge < -0.3 is 10.6 Å². The summed E-state index contributed by atoms with van der Waals surface area (Å²) in [6.45, 7) is 0. The minimum absolute atomic E-state index is 0.189. The van der Waals surface area contributed by atoms with Crippen LogP contribution < -0.4 is 5.73 Å². The van der Waals surface area contributed by atoms with E-state index in [4.69, 9.17) is 15.8 Å². The van der Waals surface area contributed by atoms with Crippen LogP contribution in [0.4, 0.5) is 4.79 Å². The van der Waals surface area contributed by atoms with Crippen LogP contribution in [-0.4, -0.2) is 52.8 Å². The molecule has 174 valence electrons. The number of carbonyl (C=O) groups excluding carboxylic acids is 1. The second kappa shape index (κ2) is 7.63. The Morgan fingerprint density at radius 1 is 1.03 bits per heavy atom. The van der Waals surface area contributed by atoms with Crippen LogP contribution in [-0.2, 0) is 0 Å². The van der Waals surface area contributed by atoms with Gasteiger partial charge in [0.1, 0.15) is 5.69 Å². The van der Waals surface area contributed by atoms with E-state index in [0.29, 0.717) is 0 Å². The number of H-pyrrole nitrogens is 1. The molecule has 9 heteroatoms. The number of urea groups is 1. The molecule has 2 atom stereocenters. The number of amides is 2. The van der Waals surface area contributed by atoms with Gasteiger partial charge in [-0.2, -0.15) is 10.2 Å². The quantitative estimate of drug-likeness (QED) is 0.416. The molecule has 6 heterocycles. The van der Waals surface area contributed by atoms with Gasteiger partial charge in [0.15, 0.2) is 5.65 Å². The van der Waals surface area contributed by atoms with Crippen LogP contribution in [0.1, 0.15) is 37.3 Å². The number of hydrogen-bond acceptors (Lipinski definition) is 5. The molecule has 7 rings (SSSR count). The smallest absolute Gasteiger partial charge is 0.315 e. The maximum absolute atomic E-state index is 12.0. The van der Waals surface area contributed by atoms with E-state index in [-0.39, 0.29) is 24.0 Å². The Kier molecular flexibility index (Phi) is 4.39. The molecule has 3 N–H and O–H groups in total. The van der Waals surface area contributed by atoms with Crippen LogP contribution in [0.15, 0.2) is 61.2 Å². The third-order valence-electron chi connectivity index (χ3n) is 7.66. The van der Waals surface area contributed by atoms with E-state index in [1.807, 2.05) is 46.1 Å². The zero-order valence-corrected chi connectivity index (χ0v) is 19.0. The zero-order chi connectivity index (χ0) is 23.5. The number of aromatic amines is 1. The van der Waals surface area contributed by atoms with Crippen molar-refractivity contribution in [1.29, 1.82) is 0 Å². The second-order valence-electron chi connectivity index (χ2n) is 9.50. The van der Waals surface area contributed by atoms with Gasteiger partial charge in [-0.3, -0.25) is 10.1 Å². The van der Waals surface area contributed by atoms with Gasteiger partial charge in [-0.1, -0.05) is 12.1 Å². The van der Waals surface area contributed by atoms with E-state index < -0.39 is 0 Å². The number of primary amides is 1. The molecule has 2 bridgehead atoms. The van der Waals surface area contributed by atoms with Crippen LogP contribution in [0.25, 0.3) is 38.9 Å². The van der Waals surface area contributed by atoms with Crippen LogP contribution in [0.3, 0.4) is 0 Å². The van der Waals surface area contributed by atoms with Crippen molar-refractivity contribution >= 4 is 22.6 Å². The van der Waals surface area contributed by atoms with Crippen molar-refractivity contribution in [3.8, 4) is 22.4 Å². The monoisotopic (exact) mass is 464 g/mol. The number of rotatable bonds is 3. The number of nitrogens with zero attached hydrogens (tertiary/aromatic N) is 6. The molecular formula is C26H24N8O. The van der Waals surface area contributed by atoms with E-state index in [1.165, 1.54) is 0 Å². The zero-order valence-electron chi connectivity index (χ0n) is 19.0. The number of benzene rings is 1. The van der Waals surface area contributed by atoms with Crippen LogP contribution in [0.5, 0.6) is 0 Å². The topological polar surface area (TPSA) is 118 Å². The normalized spacial score (nSPS) is 21.7. The summed E-state index contributed by atoms with van der Waals surface area (Å²) in [5.41, 5.74) is 12.4. The Bertz CT molecular complexity index is 1560. The molecule has 0 aliphatic carbocycles. The highest BCUT2D eigenvalue weighted by atomic mass is 16.2. The molecule has 0 saturated carbocycles. The van der Waals surface area contributed by atoms with Gasteiger partial charge in [-0.05, 0) is 55.5 Å². The van der Waals surface area contributed by atoms with Crippen molar-refractivity contribution in [1.82, 2.24) is 34.7 Å². The maximum atomic E-state index is 12.0. The summed E-state index contributed by atoms with van der Waals surface area (Å²) in [4.78, 5) is 22.9. The standard InChI is InChI=1S/C26H24N8O/c27-26(35)33-17-4-5-18(33)13-16(12-17)22-8-11-29-25-23(19-2-1-3-21-20(19)14-30-31-21)24(32-34(22)25)15-6-9-28-10-7-15/h1-3,6-11,14,16-18H,4-5,12-13H2,(H2,27,35)(H,30,31). The minimum atomic E-state index is -0.301. The molecule has 9 nitrogen and oxygen atoms in total. The SMILES string of the molecule is NC(=O)N1C2CCC1CC(c1ccnc3c(-c4cccc5[nH]ncc45)c(-c4ccncc4)nn13)C2. The predicted molar refractivity (Wildman–Crippen MR) is 132 cm³/mol. The summed E-state index contributed by atoms with van der Waals surface area (Å²) in [6.07, 6.45) is 11.1. The summed E-state index contributed by atoms with van der Waals surface area (Å²) < 4.78 is 2.01. The summed E-state index contributed by atoms with van der Waals surface area (Å²) in [7, 11) is 0. The van der Waals surface area contributed by atoms with Gasteiger partial charge in [0.05, 0.1) is 17.3 Å². The Balaban J connectivity index is 1.43. The van der Waals surface area contributed by atoms with E-state index in [1.54, 1.807) is 12.4 Å². The first-order valence-electron chi connectivity index (χ1n) is 12.0. The van der Waals surface area contributed by atoms with E-state index in [2.05, 4.69) is 27.3 Å². The van der Waals surface area contributed by atoms with Crippen molar-refractivity contribution in [3.63, 3.8) is 0 Å². The number of pyridine rings is 1. The molecule has 4 aromatic heterocycles. The fourth-order valence-corrected chi connectivity index (χ4v) is 6.20. The van der Waals surface area contributed by atoms with Gasteiger partial charge in [0.2, 0.25) is 0 Å². The lowest BCUT2D eigenvalue weighted by molar-refractivity contribution is 0.144. The highest BCUT2D eigenvalue weighted by Gasteiger charge is 2.43. The number of fused-ring (bicyclic) bond motifs is 4. The lowest BCUT2D eigenvalue weighted by Crippen LogP contribution is -2.48. The molecule has 0 spiro atoms. The molecule has 2 aliphatic heterocycles. The van der Waals surface area contributed by atoms with Crippen molar-refractivity contribution < 1.29 is 4.79 Å². The summed E-state index contributed by atoms with van der Waals surface area (Å²) in [5.74, 6) is 0.274. The molecule has 35 heavy (non-hydrogen) atoms. The number of hydrogen-bond donors (Lipinski definition) is 2. The van der Waals surface area contributed by atoms with Gasteiger partial charge >= 0.3 is 6.03 Å². The van der Waals surface area contributed by atoms with E-state index >= 15 is 0 Å². The third-order valence-corrected chi connectivity index (χ3v) is 7.66. The van der Waals surface area contributed by atoms with Crippen molar-refractivity contribution in [3.05, 3.63) is 66.9 Å². The molecule has 2 unspecified atom stereocenters. The van der Waals surface area contributed by atoms with Gasteiger partial charge in [0.25, 0.3) is 0 Å². The van der Waals surface area contributed by atoms with Gasteiger partial charge in [0, 0.05) is 53.2 Å². The maximum Gasteiger partial charge on any atom is 0.315 e. The highest BCUT2D eigenvalue weighted by molar-refractivity contribution is 6.02. The van der Waals surface area contributed by atoms with Crippen molar-refractivity contribution in [2.45, 2.75) is 43.7 Å². The Morgan fingerprint density at radius 3 is 2.60 bits per heavy atom. The van der Waals surface area contributed by atoms with Crippen molar-refractivity contribution in [2.75, 3.05) is 0 Å². The fourth-order valence-electron chi connectivity index (χ4n) is 6.20. The summed E-state index contributed by atoms with van der Waals surface area (Å²) >= 11 is 0. The first-order chi connectivity index (χ1) is 17.2. The average Bonchev–Trinajstić information content (AvgIpc) is 3.58. The number of carbonyl (C=O) groups is 1.